The zero-order valence-corrected chi connectivity index (χ0v) is 7.42. The molecule has 0 aliphatic rings. The van der Waals surface area contributed by atoms with E-state index in [0.717, 1.165) is 11.3 Å². The fourth-order valence-electron chi connectivity index (χ4n) is 0.776. The minimum atomic E-state index is 0. The van der Waals surface area contributed by atoms with Crippen molar-refractivity contribution in [3.63, 3.8) is 0 Å². The first-order valence-corrected chi connectivity index (χ1v) is 3.29. The average Bonchev–Trinajstić information content (AvgIpc) is 2.07. The van der Waals surface area contributed by atoms with E-state index in [-0.39, 0.29) is 18.9 Å². The summed E-state index contributed by atoms with van der Waals surface area (Å²) < 4.78 is 4.98. The Bertz CT molecular complexity index is 270. The third kappa shape index (κ3) is 3.03. The maximum Gasteiger partial charge on any atom is 1.00 e. The molecule has 1 aromatic carbocycles. The summed E-state index contributed by atoms with van der Waals surface area (Å²) in [5.74, 6) is 0.847. The van der Waals surface area contributed by atoms with E-state index in [2.05, 4.69) is 18.4 Å². The van der Waals surface area contributed by atoms with Gasteiger partial charge in [0.2, 0.25) is 0 Å². The molecule has 0 bridgehead atoms. The van der Waals surface area contributed by atoms with Crippen molar-refractivity contribution in [1.29, 1.82) is 0 Å². The summed E-state index contributed by atoms with van der Waals surface area (Å²) in [5.41, 5.74) is 3.54. The maximum absolute atomic E-state index is 4.98. The largest absolute Gasteiger partial charge is 1.00 e. The van der Waals surface area contributed by atoms with Gasteiger partial charge in [-0.25, -0.2) is 5.73 Å². The van der Waals surface area contributed by atoms with Gasteiger partial charge in [-0.05, 0) is 0 Å². The van der Waals surface area contributed by atoms with Gasteiger partial charge in [0.1, 0.15) is 5.75 Å². The fourth-order valence-corrected chi connectivity index (χ4v) is 0.776. The van der Waals surface area contributed by atoms with Crippen molar-refractivity contribution in [2.45, 2.75) is 0 Å². The van der Waals surface area contributed by atoms with Gasteiger partial charge in [-0.15, -0.1) is 24.3 Å². The van der Waals surface area contributed by atoms with Gasteiger partial charge in [-0.2, -0.15) is 0 Å². The van der Waals surface area contributed by atoms with Gasteiger partial charge in [0, 0.05) is 0 Å². The van der Waals surface area contributed by atoms with Crippen LogP contribution in [0.15, 0.2) is 36.6 Å². The number of ether oxygens (including phenoxy) is 1. The van der Waals surface area contributed by atoms with Crippen molar-refractivity contribution in [1.82, 2.24) is 0 Å². The molecule has 1 nitrogen and oxygen atoms in total. The summed E-state index contributed by atoms with van der Waals surface area (Å²) >= 11 is 0. The normalized spacial score (nSPS) is 7.75. The number of rotatable bonds is 2. The van der Waals surface area contributed by atoms with Gasteiger partial charge in [0.25, 0.3) is 0 Å². The van der Waals surface area contributed by atoms with Gasteiger partial charge in [0.15, 0.2) is 0 Å². The summed E-state index contributed by atoms with van der Waals surface area (Å²) in [5, 5.41) is 0. The molecule has 0 spiro atoms. The van der Waals surface area contributed by atoms with Crippen molar-refractivity contribution in [2.75, 3.05) is 7.11 Å². The van der Waals surface area contributed by atoms with E-state index in [0.29, 0.717) is 0 Å². The molecule has 0 N–H and O–H groups in total. The molecule has 0 aromatic heterocycles. The monoisotopic (exact) mass is 152 g/mol. The Morgan fingerprint density at radius 3 is 2.33 bits per heavy atom. The molecule has 0 heterocycles. The minimum absolute atomic E-state index is 0. The van der Waals surface area contributed by atoms with Crippen LogP contribution >= 0.6 is 0 Å². The Labute approximate surface area is 84.9 Å². The molecule has 0 unspecified atom stereocenters. The van der Waals surface area contributed by atoms with Gasteiger partial charge in [-0.3, -0.25) is 0 Å². The van der Waals surface area contributed by atoms with Gasteiger partial charge < -0.3 is 4.74 Å². The Kier molecular flexibility index (Phi) is 5.33. The van der Waals surface area contributed by atoms with Crippen LogP contribution < -0.4 is 23.6 Å². The molecule has 0 atom stereocenters. The Hall–Kier alpha value is -0.863. The molecule has 0 radical (unpaired) electrons. The molecule has 0 amide bonds. The molecule has 56 valence electrons. The van der Waals surface area contributed by atoms with Crippen LogP contribution in [-0.2, 0) is 0 Å². The van der Waals surface area contributed by atoms with Crippen molar-refractivity contribution in [3.05, 3.63) is 48.2 Å². The molecular formula is C10H9LiO. The molecule has 0 aliphatic heterocycles. The molecular weight excluding hydrogens is 143 g/mol. The van der Waals surface area contributed by atoms with E-state index in [1.54, 1.807) is 7.11 Å². The second kappa shape index (κ2) is 5.75. The van der Waals surface area contributed by atoms with E-state index in [4.69, 9.17) is 4.74 Å². The van der Waals surface area contributed by atoms with Gasteiger partial charge >= 0.3 is 18.9 Å². The van der Waals surface area contributed by atoms with Crippen molar-refractivity contribution in [3.8, 4) is 5.75 Å². The fraction of sp³-hybridized carbons (Fsp3) is 0.100. The third-order valence-electron chi connectivity index (χ3n) is 1.32. The zero-order valence-electron chi connectivity index (χ0n) is 7.42. The van der Waals surface area contributed by atoms with Gasteiger partial charge in [-0.1, -0.05) is 18.2 Å². The average molecular weight is 152 g/mol. The van der Waals surface area contributed by atoms with E-state index < -0.39 is 0 Å². The smallest absolute Gasteiger partial charge is 0.498 e. The van der Waals surface area contributed by atoms with Crippen molar-refractivity contribution >= 4 is 0 Å². The Morgan fingerprint density at radius 2 is 1.92 bits per heavy atom. The summed E-state index contributed by atoms with van der Waals surface area (Å²) in [6.07, 6.45) is 2.84. The first-order valence-electron chi connectivity index (χ1n) is 3.29. The SMILES string of the molecule is C=C=[C-]c1ccc(OC)cc1.[Li+]. The Balaban J connectivity index is 0.00000121. The molecule has 0 aliphatic carbocycles. The van der Waals surface area contributed by atoms with Crippen molar-refractivity contribution < 1.29 is 23.6 Å². The van der Waals surface area contributed by atoms with Crippen molar-refractivity contribution in [2.24, 2.45) is 0 Å². The predicted octanol–water partition coefficient (Wildman–Crippen LogP) is -0.808. The summed E-state index contributed by atoms with van der Waals surface area (Å²) in [7, 11) is 1.64. The molecule has 0 saturated heterocycles. The Morgan fingerprint density at radius 1 is 1.33 bits per heavy atom. The van der Waals surface area contributed by atoms with E-state index >= 15 is 0 Å². The quantitative estimate of drug-likeness (QED) is 0.306. The number of hydrogen-bond acceptors (Lipinski definition) is 1. The molecule has 1 rings (SSSR count). The standard InChI is InChI=1S/C10H9O.Li/c1-3-4-9-5-7-10(11-2)8-6-9;/h5-8H,1H2,2H3;/q-1;+1. The van der Waals surface area contributed by atoms with Crippen LogP contribution in [-0.4, -0.2) is 7.11 Å². The molecule has 1 aromatic rings. The molecule has 0 fully saturated rings. The van der Waals surface area contributed by atoms with Gasteiger partial charge in [0.05, 0.1) is 7.11 Å². The minimum Gasteiger partial charge on any atom is -0.498 e. The number of hydrogen-bond donors (Lipinski definition) is 0. The topological polar surface area (TPSA) is 9.23 Å². The molecule has 0 saturated carbocycles. The van der Waals surface area contributed by atoms with Crippen LogP contribution in [0.4, 0.5) is 0 Å². The summed E-state index contributed by atoms with van der Waals surface area (Å²) in [6, 6.07) is 7.55. The van der Waals surface area contributed by atoms with E-state index in [1.807, 2.05) is 24.3 Å². The summed E-state index contributed by atoms with van der Waals surface area (Å²) in [6.45, 7) is 3.43. The maximum atomic E-state index is 4.98. The van der Waals surface area contributed by atoms with Crippen LogP contribution in [0, 0.1) is 6.08 Å². The second-order valence-corrected chi connectivity index (χ2v) is 2.03. The number of benzene rings is 1. The predicted molar refractivity (Wildman–Crippen MR) is 44.5 cm³/mol. The number of methoxy groups -OCH3 is 1. The summed E-state index contributed by atoms with van der Waals surface area (Å²) in [4.78, 5) is 0. The third-order valence-corrected chi connectivity index (χ3v) is 1.32. The van der Waals surface area contributed by atoms with Crippen LogP contribution in [0.1, 0.15) is 5.56 Å². The first-order chi connectivity index (χ1) is 5.36. The molecule has 2 heteroatoms. The van der Waals surface area contributed by atoms with Crippen LogP contribution in [0.5, 0.6) is 5.75 Å². The van der Waals surface area contributed by atoms with Crippen LogP contribution in [0.3, 0.4) is 0 Å². The zero-order chi connectivity index (χ0) is 8.10. The van der Waals surface area contributed by atoms with E-state index in [1.165, 1.54) is 0 Å². The van der Waals surface area contributed by atoms with Crippen LogP contribution in [0.2, 0.25) is 0 Å². The second-order valence-electron chi connectivity index (χ2n) is 2.03. The molecule has 12 heavy (non-hydrogen) atoms. The van der Waals surface area contributed by atoms with E-state index in [9.17, 15) is 0 Å². The first kappa shape index (κ1) is 11.1. The van der Waals surface area contributed by atoms with Crippen LogP contribution in [0.25, 0.3) is 0 Å².